The number of methoxy groups -OCH3 is 2. The first kappa shape index (κ1) is 38.5. The summed E-state index contributed by atoms with van der Waals surface area (Å²) in [6.07, 6.45) is 3.84. The third kappa shape index (κ3) is 13.7. The van der Waals surface area contributed by atoms with Crippen molar-refractivity contribution in [3.8, 4) is 0 Å². The van der Waals surface area contributed by atoms with Gasteiger partial charge in [0.05, 0.1) is 24.0 Å². The van der Waals surface area contributed by atoms with E-state index < -0.39 is 32.0 Å². The van der Waals surface area contributed by atoms with Crippen LogP contribution in [0.25, 0.3) is 6.08 Å². The van der Waals surface area contributed by atoms with Gasteiger partial charge in [0.15, 0.2) is 0 Å². The molecule has 0 aliphatic rings. The Kier molecular flexibility index (Phi) is 15.1. The van der Waals surface area contributed by atoms with Gasteiger partial charge in [-0.3, -0.25) is 9.44 Å². The van der Waals surface area contributed by atoms with Gasteiger partial charge >= 0.3 is 11.9 Å². The molecule has 4 aromatic rings. The number of halogens is 1. The van der Waals surface area contributed by atoms with E-state index in [1.165, 1.54) is 38.5 Å². The predicted molar refractivity (Wildman–Crippen MR) is 188 cm³/mol. The van der Waals surface area contributed by atoms with Crippen LogP contribution in [0.2, 0.25) is 0 Å². The number of anilines is 2. The number of nitrogens with one attached hydrogen (secondary N) is 2. The third-order valence-electron chi connectivity index (χ3n) is 5.80. The van der Waals surface area contributed by atoms with E-state index in [9.17, 15) is 26.4 Å². The second-order valence-electron chi connectivity index (χ2n) is 9.56. The number of hydrogen-bond acceptors (Lipinski definition) is 8. The lowest BCUT2D eigenvalue weighted by Gasteiger charge is -2.09. The van der Waals surface area contributed by atoms with Crippen molar-refractivity contribution in [2.75, 3.05) is 23.7 Å². The fourth-order valence-electron chi connectivity index (χ4n) is 3.58. The summed E-state index contributed by atoms with van der Waals surface area (Å²) in [5.41, 5.74) is 3.61. The number of aryl methyl sites for hydroxylation is 2. The van der Waals surface area contributed by atoms with Crippen molar-refractivity contribution in [1.82, 2.24) is 0 Å². The maximum atomic E-state index is 12.4. The van der Waals surface area contributed by atoms with Crippen molar-refractivity contribution in [3.63, 3.8) is 0 Å². The average Bonchev–Trinajstić information content (AvgIpc) is 3.03. The molecule has 0 aliphatic heterocycles. The van der Waals surface area contributed by atoms with E-state index in [4.69, 9.17) is 0 Å². The molecule has 0 unspecified atom stereocenters. The van der Waals surface area contributed by atoms with Gasteiger partial charge < -0.3 is 9.47 Å². The molecule has 248 valence electrons. The van der Waals surface area contributed by atoms with Crippen LogP contribution in [0.5, 0.6) is 0 Å². The quantitative estimate of drug-likeness (QED) is 0.139. The van der Waals surface area contributed by atoms with Crippen LogP contribution in [0, 0.1) is 13.8 Å². The Morgan fingerprint density at radius 2 is 1.15 bits per heavy atom. The summed E-state index contributed by atoms with van der Waals surface area (Å²) in [5.74, 6) is -0.897. The van der Waals surface area contributed by atoms with Crippen molar-refractivity contribution in [1.29, 1.82) is 0 Å². The van der Waals surface area contributed by atoms with E-state index in [2.05, 4.69) is 41.4 Å². The molecule has 2 N–H and O–H groups in total. The Morgan fingerprint density at radius 3 is 1.57 bits per heavy atom. The van der Waals surface area contributed by atoms with Crippen molar-refractivity contribution in [2.24, 2.45) is 0 Å². The van der Waals surface area contributed by atoms with Crippen LogP contribution in [-0.2, 0) is 39.1 Å². The van der Waals surface area contributed by atoms with Crippen molar-refractivity contribution < 1.29 is 35.9 Å². The van der Waals surface area contributed by atoms with Crippen LogP contribution in [0.4, 0.5) is 11.4 Å². The summed E-state index contributed by atoms with van der Waals surface area (Å²) in [6, 6.07) is 27.2. The van der Waals surface area contributed by atoms with Crippen molar-refractivity contribution in [3.05, 3.63) is 137 Å². The SMILES string of the molecule is C=CC(=O)OC.COC(=O)/C=C/c1cccc(S(=O)(=O)Nc2cccc(C)c2)c1.Cc1cccc(NS(=O)(=O)c2cccc(Br)c2)c1. The maximum absolute atomic E-state index is 12.4. The fourth-order valence-corrected chi connectivity index (χ4v) is 6.33. The van der Waals surface area contributed by atoms with Gasteiger partial charge in [0.25, 0.3) is 20.0 Å². The monoisotopic (exact) mass is 742 g/mol. The highest BCUT2D eigenvalue weighted by Gasteiger charge is 2.15. The number of sulfonamides is 2. The number of carbonyl (C=O) groups excluding carboxylic acids is 2. The Bertz CT molecular complexity index is 1940. The van der Waals surface area contributed by atoms with Gasteiger partial charge in [-0.25, -0.2) is 26.4 Å². The molecule has 4 rings (SSSR count). The minimum Gasteiger partial charge on any atom is -0.466 e. The highest BCUT2D eigenvalue weighted by atomic mass is 79.9. The van der Waals surface area contributed by atoms with Gasteiger partial charge in [0.1, 0.15) is 0 Å². The van der Waals surface area contributed by atoms with Crippen LogP contribution in [0.15, 0.2) is 130 Å². The Labute approximate surface area is 284 Å². The summed E-state index contributed by atoms with van der Waals surface area (Å²) in [4.78, 5) is 21.3. The Hall–Kier alpha value is -4.72. The number of hydrogen-bond donors (Lipinski definition) is 2. The molecule has 0 fully saturated rings. The first-order chi connectivity index (χ1) is 22.2. The Morgan fingerprint density at radius 1 is 0.681 bits per heavy atom. The molecule has 47 heavy (non-hydrogen) atoms. The second-order valence-corrected chi connectivity index (χ2v) is 13.8. The summed E-state index contributed by atoms with van der Waals surface area (Å²) in [5, 5.41) is 0. The first-order valence-electron chi connectivity index (χ1n) is 13.7. The molecule has 0 aromatic heterocycles. The number of esters is 2. The summed E-state index contributed by atoms with van der Waals surface area (Å²) in [6.45, 7) is 6.96. The topological polar surface area (TPSA) is 145 Å². The van der Waals surface area contributed by atoms with Gasteiger partial charge in [0.2, 0.25) is 0 Å². The standard InChI is InChI=1S/C17H17NO4S.C13H12BrNO2S.C4H6O2/c1-13-5-3-7-15(11-13)18-23(20,21)16-8-4-6-14(12-16)9-10-17(19)22-2;1-10-4-2-6-12(8-10)15-18(16,17)13-7-3-5-11(14)9-13;1-3-4(5)6-2/h3-12,18H,1-2H3;2-9,15H,1H3;3H,1H2,2H3/b10-9+;;. The number of benzene rings is 4. The molecule has 0 bridgehead atoms. The lowest BCUT2D eigenvalue weighted by Crippen LogP contribution is -2.13. The molecule has 0 atom stereocenters. The Balaban J connectivity index is 0.000000284. The van der Waals surface area contributed by atoms with Gasteiger partial charge in [0, 0.05) is 28.0 Å². The molecule has 4 aromatic carbocycles. The minimum atomic E-state index is -3.70. The van der Waals surface area contributed by atoms with Crippen LogP contribution in [0.1, 0.15) is 16.7 Å². The third-order valence-corrected chi connectivity index (χ3v) is 9.05. The van der Waals surface area contributed by atoms with E-state index in [0.29, 0.717) is 16.9 Å². The first-order valence-corrected chi connectivity index (χ1v) is 17.5. The van der Waals surface area contributed by atoms with E-state index >= 15 is 0 Å². The molecular formula is C34H35BrN2O8S2. The average molecular weight is 744 g/mol. The van der Waals surface area contributed by atoms with Gasteiger partial charge in [-0.2, -0.15) is 0 Å². The van der Waals surface area contributed by atoms with E-state index in [-0.39, 0.29) is 9.79 Å². The fraction of sp³-hybridized carbons (Fsp3) is 0.118. The zero-order valence-electron chi connectivity index (χ0n) is 26.1. The summed E-state index contributed by atoms with van der Waals surface area (Å²) in [7, 11) is -4.64. The highest BCUT2D eigenvalue weighted by molar-refractivity contribution is 9.10. The number of carbonyl (C=O) groups is 2. The summed E-state index contributed by atoms with van der Waals surface area (Å²) < 4.78 is 63.6. The molecule has 0 radical (unpaired) electrons. The lowest BCUT2D eigenvalue weighted by molar-refractivity contribution is -0.135. The molecule has 0 saturated heterocycles. The van der Waals surface area contributed by atoms with Crippen LogP contribution >= 0.6 is 15.9 Å². The van der Waals surface area contributed by atoms with Gasteiger partial charge in [-0.1, -0.05) is 65.0 Å². The smallest absolute Gasteiger partial charge is 0.330 e. The molecule has 0 saturated carbocycles. The minimum absolute atomic E-state index is 0.117. The molecular weight excluding hydrogens is 708 g/mol. The van der Waals surface area contributed by atoms with Crippen LogP contribution in [0.3, 0.4) is 0 Å². The predicted octanol–water partition coefficient (Wildman–Crippen LogP) is 6.89. The molecule has 0 spiro atoms. The van der Waals surface area contributed by atoms with Crippen LogP contribution in [-0.4, -0.2) is 43.0 Å². The van der Waals surface area contributed by atoms with E-state index in [1.54, 1.807) is 66.7 Å². The molecule has 0 heterocycles. The van der Waals surface area contributed by atoms with Crippen LogP contribution < -0.4 is 9.44 Å². The zero-order chi connectivity index (χ0) is 35.0. The normalized spacial score (nSPS) is 10.7. The number of ether oxygens (including phenoxy) is 2. The van der Waals surface area contributed by atoms with Crippen molar-refractivity contribution >= 4 is 65.4 Å². The van der Waals surface area contributed by atoms with Gasteiger partial charge in [-0.05, 0) is 91.2 Å². The summed E-state index contributed by atoms with van der Waals surface area (Å²) >= 11 is 3.26. The number of rotatable bonds is 9. The van der Waals surface area contributed by atoms with Gasteiger partial charge in [-0.15, -0.1) is 0 Å². The highest BCUT2D eigenvalue weighted by Crippen LogP contribution is 2.21. The van der Waals surface area contributed by atoms with Crippen molar-refractivity contribution in [2.45, 2.75) is 23.6 Å². The zero-order valence-corrected chi connectivity index (χ0v) is 29.4. The molecule has 0 amide bonds. The largest absolute Gasteiger partial charge is 0.466 e. The molecule has 0 aliphatic carbocycles. The van der Waals surface area contributed by atoms with E-state index in [0.717, 1.165) is 21.7 Å². The van der Waals surface area contributed by atoms with E-state index in [1.807, 2.05) is 32.0 Å². The second kappa shape index (κ2) is 18.4. The molecule has 10 nitrogen and oxygen atoms in total. The maximum Gasteiger partial charge on any atom is 0.330 e. The lowest BCUT2D eigenvalue weighted by atomic mass is 10.2. The molecule has 13 heteroatoms.